The molecule has 122 valence electrons. The highest BCUT2D eigenvalue weighted by Gasteiger charge is 2.18. The Labute approximate surface area is 146 Å². The van der Waals surface area contributed by atoms with Crippen LogP contribution in [0.3, 0.4) is 0 Å². The predicted octanol–water partition coefficient (Wildman–Crippen LogP) is 4.90. The van der Waals surface area contributed by atoms with E-state index in [1.807, 2.05) is 0 Å². The molecule has 3 rings (SSSR count). The summed E-state index contributed by atoms with van der Waals surface area (Å²) in [6.45, 7) is 3.33. The number of rotatable bonds is 3. The van der Waals surface area contributed by atoms with Crippen molar-refractivity contribution in [1.82, 2.24) is 4.90 Å². The largest absolute Gasteiger partial charge is 0.309 e. The minimum Gasteiger partial charge on any atom is -0.309 e. The molecule has 2 aromatic rings. The van der Waals surface area contributed by atoms with Crippen molar-refractivity contribution in [2.45, 2.75) is 26.2 Å². The van der Waals surface area contributed by atoms with E-state index in [4.69, 9.17) is 0 Å². The Morgan fingerprint density at radius 1 is 0.957 bits per heavy atom. The van der Waals surface area contributed by atoms with Gasteiger partial charge in [-0.3, -0.25) is 0 Å². The lowest BCUT2D eigenvalue weighted by Gasteiger charge is -2.14. The van der Waals surface area contributed by atoms with Gasteiger partial charge in [0, 0.05) is 6.54 Å². The van der Waals surface area contributed by atoms with E-state index in [2.05, 4.69) is 74.5 Å². The van der Waals surface area contributed by atoms with Crippen LogP contribution in [0.1, 0.15) is 34.2 Å². The molecular formula is C21H26ClN. The van der Waals surface area contributed by atoms with Gasteiger partial charge in [0.1, 0.15) is 0 Å². The number of halogens is 1. The van der Waals surface area contributed by atoms with E-state index in [9.17, 15) is 0 Å². The van der Waals surface area contributed by atoms with Crippen LogP contribution >= 0.6 is 12.4 Å². The SMILES string of the molecule is Cc1cccc2c1CCc1ccccc1/C2=C/CCN(C)C.Cl. The van der Waals surface area contributed by atoms with Gasteiger partial charge in [-0.2, -0.15) is 0 Å². The van der Waals surface area contributed by atoms with E-state index >= 15 is 0 Å². The smallest absolute Gasteiger partial charge is 0.00101 e. The van der Waals surface area contributed by atoms with Crippen LogP contribution < -0.4 is 0 Å². The molecule has 1 aliphatic carbocycles. The van der Waals surface area contributed by atoms with Crippen LogP contribution in [-0.2, 0) is 12.8 Å². The van der Waals surface area contributed by atoms with E-state index in [1.165, 1.54) is 33.4 Å². The summed E-state index contributed by atoms with van der Waals surface area (Å²) >= 11 is 0. The van der Waals surface area contributed by atoms with Crippen LogP contribution in [0.5, 0.6) is 0 Å². The third-order valence-electron chi connectivity index (χ3n) is 4.58. The zero-order valence-electron chi connectivity index (χ0n) is 14.3. The molecule has 0 bridgehead atoms. The molecule has 23 heavy (non-hydrogen) atoms. The van der Waals surface area contributed by atoms with Gasteiger partial charge in [-0.05, 0) is 73.7 Å². The van der Waals surface area contributed by atoms with Crippen molar-refractivity contribution in [2.75, 3.05) is 20.6 Å². The first-order valence-corrected chi connectivity index (χ1v) is 8.19. The van der Waals surface area contributed by atoms with Crippen LogP contribution in [0.2, 0.25) is 0 Å². The molecule has 0 radical (unpaired) electrons. The van der Waals surface area contributed by atoms with E-state index < -0.39 is 0 Å². The minimum absolute atomic E-state index is 0. The number of aryl methyl sites for hydroxylation is 2. The first kappa shape index (κ1) is 17.8. The number of nitrogens with zero attached hydrogens (tertiary/aromatic N) is 1. The number of hydrogen-bond acceptors (Lipinski definition) is 1. The van der Waals surface area contributed by atoms with Crippen molar-refractivity contribution in [1.29, 1.82) is 0 Å². The highest BCUT2D eigenvalue weighted by Crippen LogP contribution is 2.34. The molecule has 1 aliphatic rings. The third-order valence-corrected chi connectivity index (χ3v) is 4.58. The lowest BCUT2D eigenvalue weighted by Crippen LogP contribution is -2.12. The maximum absolute atomic E-state index is 2.43. The fourth-order valence-corrected chi connectivity index (χ4v) is 3.38. The van der Waals surface area contributed by atoms with E-state index in [1.54, 1.807) is 0 Å². The monoisotopic (exact) mass is 327 g/mol. The average molecular weight is 328 g/mol. The lowest BCUT2D eigenvalue weighted by molar-refractivity contribution is 0.417. The van der Waals surface area contributed by atoms with Crippen molar-refractivity contribution >= 4 is 18.0 Å². The molecule has 0 unspecified atom stereocenters. The van der Waals surface area contributed by atoms with Gasteiger partial charge in [-0.15, -0.1) is 12.4 Å². The van der Waals surface area contributed by atoms with Crippen molar-refractivity contribution in [3.63, 3.8) is 0 Å². The maximum atomic E-state index is 2.43. The summed E-state index contributed by atoms with van der Waals surface area (Å²) in [7, 11) is 4.27. The summed E-state index contributed by atoms with van der Waals surface area (Å²) < 4.78 is 0. The summed E-state index contributed by atoms with van der Waals surface area (Å²) in [5.41, 5.74) is 8.70. The van der Waals surface area contributed by atoms with Crippen LogP contribution in [0, 0.1) is 6.92 Å². The molecule has 1 nitrogen and oxygen atoms in total. The summed E-state index contributed by atoms with van der Waals surface area (Å²) in [4.78, 5) is 2.25. The first-order valence-electron chi connectivity index (χ1n) is 8.19. The second-order valence-electron chi connectivity index (χ2n) is 6.47. The van der Waals surface area contributed by atoms with Crippen molar-refractivity contribution in [2.24, 2.45) is 0 Å². The second kappa shape index (κ2) is 7.81. The average Bonchev–Trinajstić information content (AvgIpc) is 2.66. The Morgan fingerprint density at radius 3 is 2.48 bits per heavy atom. The normalized spacial score (nSPS) is 14.9. The summed E-state index contributed by atoms with van der Waals surface area (Å²) in [5.74, 6) is 0. The molecule has 2 aromatic carbocycles. The zero-order valence-corrected chi connectivity index (χ0v) is 15.1. The van der Waals surface area contributed by atoms with Gasteiger partial charge in [0.2, 0.25) is 0 Å². The highest BCUT2D eigenvalue weighted by molar-refractivity contribution is 5.85. The molecule has 0 heterocycles. The van der Waals surface area contributed by atoms with Crippen molar-refractivity contribution < 1.29 is 0 Å². The topological polar surface area (TPSA) is 3.24 Å². The molecular weight excluding hydrogens is 302 g/mol. The van der Waals surface area contributed by atoms with Crippen LogP contribution in [0.25, 0.3) is 5.57 Å². The predicted molar refractivity (Wildman–Crippen MR) is 103 cm³/mol. The van der Waals surface area contributed by atoms with E-state index in [0.717, 1.165) is 25.8 Å². The van der Waals surface area contributed by atoms with Crippen LogP contribution in [0.4, 0.5) is 0 Å². The number of fused-ring (bicyclic) bond motifs is 2. The molecule has 0 saturated carbocycles. The Kier molecular flexibility index (Phi) is 6.04. The standard InChI is InChI=1S/C21H25N.ClH/c1-16-8-6-11-20-18(16)14-13-17-9-4-5-10-19(17)21(20)12-7-15-22(2)3;/h4-6,8-12H,7,13-15H2,1-3H3;1H/b21-12-;. The second-order valence-corrected chi connectivity index (χ2v) is 6.47. The summed E-state index contributed by atoms with van der Waals surface area (Å²) in [5, 5.41) is 0. The Balaban J connectivity index is 0.00000192. The molecule has 0 aliphatic heterocycles. The van der Waals surface area contributed by atoms with E-state index in [0.29, 0.717) is 0 Å². The van der Waals surface area contributed by atoms with Gasteiger partial charge in [0.05, 0.1) is 0 Å². The lowest BCUT2D eigenvalue weighted by atomic mass is 9.91. The molecule has 0 amide bonds. The molecule has 0 fully saturated rings. The third kappa shape index (κ3) is 3.85. The molecule has 0 N–H and O–H groups in total. The van der Waals surface area contributed by atoms with Gasteiger partial charge in [-0.1, -0.05) is 48.5 Å². The Bertz CT molecular complexity index is 701. The van der Waals surface area contributed by atoms with Gasteiger partial charge in [0.15, 0.2) is 0 Å². The summed E-state index contributed by atoms with van der Waals surface area (Å²) in [6, 6.07) is 15.6. The minimum atomic E-state index is 0. The number of hydrogen-bond donors (Lipinski definition) is 0. The van der Waals surface area contributed by atoms with Gasteiger partial charge >= 0.3 is 0 Å². The van der Waals surface area contributed by atoms with Crippen LogP contribution in [-0.4, -0.2) is 25.5 Å². The molecule has 0 aromatic heterocycles. The highest BCUT2D eigenvalue weighted by atomic mass is 35.5. The van der Waals surface area contributed by atoms with Crippen molar-refractivity contribution in [3.8, 4) is 0 Å². The Hall–Kier alpha value is -1.57. The fourth-order valence-electron chi connectivity index (χ4n) is 3.38. The van der Waals surface area contributed by atoms with Crippen molar-refractivity contribution in [3.05, 3.63) is 76.4 Å². The summed E-state index contributed by atoms with van der Waals surface area (Å²) in [6.07, 6.45) is 5.80. The molecule has 2 heteroatoms. The van der Waals surface area contributed by atoms with Gasteiger partial charge < -0.3 is 4.90 Å². The first-order chi connectivity index (χ1) is 10.7. The molecule has 0 saturated heterocycles. The fraction of sp³-hybridized carbons (Fsp3) is 0.333. The Morgan fingerprint density at radius 2 is 1.70 bits per heavy atom. The number of benzene rings is 2. The molecule has 0 atom stereocenters. The molecule has 0 spiro atoms. The quantitative estimate of drug-likeness (QED) is 0.775. The van der Waals surface area contributed by atoms with E-state index in [-0.39, 0.29) is 12.4 Å². The van der Waals surface area contributed by atoms with Crippen LogP contribution in [0.15, 0.2) is 48.5 Å². The zero-order chi connectivity index (χ0) is 15.5. The van der Waals surface area contributed by atoms with Gasteiger partial charge in [-0.25, -0.2) is 0 Å². The maximum Gasteiger partial charge on any atom is 0.00101 e. The van der Waals surface area contributed by atoms with Gasteiger partial charge in [0.25, 0.3) is 0 Å².